The van der Waals surface area contributed by atoms with Crippen molar-refractivity contribution in [3.8, 4) is 11.3 Å². The van der Waals surface area contributed by atoms with Gasteiger partial charge < -0.3 is 9.32 Å². The number of hydrogen-bond donors (Lipinski definition) is 0. The van der Waals surface area contributed by atoms with Gasteiger partial charge in [0.2, 0.25) is 5.91 Å². The highest BCUT2D eigenvalue weighted by molar-refractivity contribution is 5.93. The van der Waals surface area contributed by atoms with E-state index in [-0.39, 0.29) is 18.1 Å². The zero-order chi connectivity index (χ0) is 18.4. The molecule has 0 aliphatic heterocycles. The second kappa shape index (κ2) is 8.25. The largest absolute Gasteiger partial charge is 0.441 e. The van der Waals surface area contributed by atoms with Crippen LogP contribution >= 0.6 is 0 Å². The van der Waals surface area contributed by atoms with E-state index < -0.39 is 0 Å². The highest BCUT2D eigenvalue weighted by atomic mass is 19.1. The Morgan fingerprint density at radius 3 is 2.62 bits per heavy atom. The fourth-order valence-corrected chi connectivity index (χ4v) is 2.65. The van der Waals surface area contributed by atoms with Gasteiger partial charge in [0.1, 0.15) is 5.82 Å². The van der Waals surface area contributed by atoms with Crippen molar-refractivity contribution in [3.63, 3.8) is 0 Å². The maximum absolute atomic E-state index is 13.8. The minimum absolute atomic E-state index is 0.0539. The average molecular weight is 350 g/mol. The minimum Gasteiger partial charge on any atom is -0.441 e. The smallest absolute Gasteiger partial charge is 0.227 e. The third-order valence-corrected chi connectivity index (χ3v) is 3.93. The summed E-state index contributed by atoms with van der Waals surface area (Å²) in [6.45, 7) is 4.14. The van der Waals surface area contributed by atoms with Crippen LogP contribution in [-0.2, 0) is 11.2 Å². The van der Waals surface area contributed by atoms with E-state index in [1.807, 2.05) is 30.3 Å². The number of halogens is 1. The van der Waals surface area contributed by atoms with E-state index in [1.54, 1.807) is 29.2 Å². The van der Waals surface area contributed by atoms with Crippen LogP contribution in [0.2, 0.25) is 0 Å². The van der Waals surface area contributed by atoms with E-state index >= 15 is 0 Å². The lowest BCUT2D eigenvalue weighted by Gasteiger charge is -2.21. The van der Waals surface area contributed by atoms with Crippen molar-refractivity contribution < 1.29 is 13.6 Å². The number of benzene rings is 2. The molecule has 2 aromatic carbocycles. The molecule has 0 aliphatic carbocycles. The van der Waals surface area contributed by atoms with Crippen LogP contribution in [0, 0.1) is 5.82 Å². The van der Waals surface area contributed by atoms with E-state index in [0.717, 1.165) is 5.69 Å². The Morgan fingerprint density at radius 2 is 1.88 bits per heavy atom. The molecule has 1 amide bonds. The summed E-state index contributed by atoms with van der Waals surface area (Å²) in [5.74, 6) is 0.342. The molecule has 26 heavy (non-hydrogen) atoms. The number of carbonyl (C=O) groups excluding carboxylic acids is 1. The molecule has 0 atom stereocenters. The summed E-state index contributed by atoms with van der Waals surface area (Å²) in [5, 5.41) is 0. The quantitative estimate of drug-likeness (QED) is 0.584. The Labute approximate surface area is 151 Å². The SMILES string of the molecule is C=CCN(C(=O)CCc1ncc(-c2ccccc2F)o1)c1ccccc1. The third-order valence-electron chi connectivity index (χ3n) is 3.93. The zero-order valence-electron chi connectivity index (χ0n) is 14.3. The first kappa shape index (κ1) is 17.6. The molecule has 0 saturated carbocycles. The van der Waals surface area contributed by atoms with Crippen LogP contribution in [0.4, 0.5) is 10.1 Å². The van der Waals surface area contributed by atoms with Gasteiger partial charge in [0.15, 0.2) is 11.7 Å². The summed E-state index contributed by atoms with van der Waals surface area (Å²) in [7, 11) is 0. The Morgan fingerprint density at radius 1 is 1.15 bits per heavy atom. The van der Waals surface area contributed by atoms with Gasteiger partial charge in [-0.25, -0.2) is 9.37 Å². The third kappa shape index (κ3) is 4.06. The predicted molar refractivity (Wildman–Crippen MR) is 99.2 cm³/mol. The van der Waals surface area contributed by atoms with Gasteiger partial charge >= 0.3 is 0 Å². The molecule has 0 saturated heterocycles. The molecule has 1 heterocycles. The molecule has 0 unspecified atom stereocenters. The molecular weight excluding hydrogens is 331 g/mol. The molecule has 0 N–H and O–H groups in total. The number of anilines is 1. The molecule has 1 aromatic heterocycles. The maximum atomic E-state index is 13.8. The number of oxazole rings is 1. The second-order valence-corrected chi connectivity index (χ2v) is 5.73. The van der Waals surface area contributed by atoms with E-state index in [4.69, 9.17) is 4.42 Å². The number of carbonyl (C=O) groups is 1. The lowest BCUT2D eigenvalue weighted by molar-refractivity contribution is -0.118. The van der Waals surface area contributed by atoms with E-state index in [0.29, 0.717) is 30.2 Å². The van der Waals surface area contributed by atoms with Crippen LogP contribution in [0.5, 0.6) is 0 Å². The van der Waals surface area contributed by atoms with Crippen LogP contribution in [0.15, 0.2) is 77.9 Å². The van der Waals surface area contributed by atoms with Gasteiger partial charge in [-0.2, -0.15) is 0 Å². The van der Waals surface area contributed by atoms with E-state index in [9.17, 15) is 9.18 Å². The maximum Gasteiger partial charge on any atom is 0.227 e. The fourth-order valence-electron chi connectivity index (χ4n) is 2.65. The highest BCUT2D eigenvalue weighted by Gasteiger charge is 2.16. The van der Waals surface area contributed by atoms with Crippen molar-refractivity contribution in [2.75, 3.05) is 11.4 Å². The number of nitrogens with zero attached hydrogens (tertiary/aromatic N) is 2. The van der Waals surface area contributed by atoms with Gasteiger partial charge in [0.25, 0.3) is 0 Å². The summed E-state index contributed by atoms with van der Waals surface area (Å²) in [6.07, 6.45) is 3.75. The lowest BCUT2D eigenvalue weighted by atomic mass is 10.2. The molecule has 4 nitrogen and oxygen atoms in total. The molecule has 0 aliphatic rings. The van der Waals surface area contributed by atoms with Gasteiger partial charge in [0.05, 0.1) is 11.8 Å². The predicted octanol–water partition coefficient (Wildman–Crippen LogP) is 4.63. The minimum atomic E-state index is -0.368. The first-order valence-electron chi connectivity index (χ1n) is 8.35. The highest BCUT2D eigenvalue weighted by Crippen LogP contribution is 2.24. The Hall–Kier alpha value is -3.21. The summed E-state index contributed by atoms with van der Waals surface area (Å²) in [4.78, 5) is 18.4. The molecule has 3 aromatic rings. The average Bonchev–Trinajstić information content (AvgIpc) is 3.14. The molecule has 132 valence electrons. The van der Waals surface area contributed by atoms with Crippen molar-refractivity contribution >= 4 is 11.6 Å². The van der Waals surface area contributed by atoms with Crippen molar-refractivity contribution in [2.24, 2.45) is 0 Å². The number of hydrogen-bond acceptors (Lipinski definition) is 3. The molecule has 5 heteroatoms. The van der Waals surface area contributed by atoms with Crippen LogP contribution in [0.3, 0.4) is 0 Å². The zero-order valence-corrected chi connectivity index (χ0v) is 14.3. The topological polar surface area (TPSA) is 46.3 Å². The lowest BCUT2D eigenvalue weighted by Crippen LogP contribution is -2.31. The van der Waals surface area contributed by atoms with Gasteiger partial charge in [-0.05, 0) is 24.3 Å². The summed E-state index contributed by atoms with van der Waals surface area (Å²) in [6, 6.07) is 15.8. The van der Waals surface area contributed by atoms with Crippen LogP contribution < -0.4 is 4.90 Å². The Kier molecular flexibility index (Phi) is 5.59. The van der Waals surface area contributed by atoms with Crippen molar-refractivity contribution in [1.29, 1.82) is 0 Å². The van der Waals surface area contributed by atoms with Gasteiger partial charge in [-0.15, -0.1) is 6.58 Å². The second-order valence-electron chi connectivity index (χ2n) is 5.73. The molecule has 0 bridgehead atoms. The fraction of sp³-hybridized carbons (Fsp3) is 0.143. The van der Waals surface area contributed by atoms with Crippen LogP contribution in [0.1, 0.15) is 12.3 Å². The van der Waals surface area contributed by atoms with Gasteiger partial charge in [0, 0.05) is 25.1 Å². The number of amides is 1. The number of aromatic nitrogens is 1. The molecule has 0 fully saturated rings. The first-order valence-corrected chi connectivity index (χ1v) is 8.35. The molecular formula is C21H19FN2O2. The van der Waals surface area contributed by atoms with E-state index in [1.165, 1.54) is 12.3 Å². The van der Waals surface area contributed by atoms with Gasteiger partial charge in [-0.1, -0.05) is 36.4 Å². The molecule has 3 rings (SSSR count). The number of para-hydroxylation sites is 1. The Bertz CT molecular complexity index is 890. The van der Waals surface area contributed by atoms with E-state index in [2.05, 4.69) is 11.6 Å². The van der Waals surface area contributed by atoms with Crippen LogP contribution in [-0.4, -0.2) is 17.4 Å². The van der Waals surface area contributed by atoms with Crippen molar-refractivity contribution in [3.05, 3.63) is 85.2 Å². The molecule has 0 spiro atoms. The number of rotatable bonds is 7. The first-order chi connectivity index (χ1) is 12.7. The number of aryl methyl sites for hydroxylation is 1. The summed E-state index contributed by atoms with van der Waals surface area (Å²) < 4.78 is 19.4. The summed E-state index contributed by atoms with van der Waals surface area (Å²) >= 11 is 0. The van der Waals surface area contributed by atoms with Gasteiger partial charge in [-0.3, -0.25) is 4.79 Å². The normalized spacial score (nSPS) is 10.5. The Balaban J connectivity index is 1.67. The van der Waals surface area contributed by atoms with Crippen molar-refractivity contribution in [1.82, 2.24) is 4.98 Å². The summed E-state index contributed by atoms with van der Waals surface area (Å²) in [5.41, 5.74) is 1.17. The van der Waals surface area contributed by atoms with Crippen molar-refractivity contribution in [2.45, 2.75) is 12.8 Å². The monoisotopic (exact) mass is 350 g/mol. The molecule has 0 radical (unpaired) electrons. The standard InChI is InChI=1S/C21H19FN2O2/c1-2-14-24(16-8-4-3-5-9-16)21(25)13-12-20-23-15-19(26-20)17-10-6-7-11-18(17)22/h2-11,15H,1,12-14H2. The van der Waals surface area contributed by atoms with Crippen LogP contribution in [0.25, 0.3) is 11.3 Å².